The predicted octanol–water partition coefficient (Wildman–Crippen LogP) is 5.78. The van der Waals surface area contributed by atoms with E-state index in [2.05, 4.69) is 4.74 Å². The molecule has 13 heteroatoms. The van der Waals surface area contributed by atoms with Crippen LogP contribution in [-0.4, -0.2) is 49.1 Å². The van der Waals surface area contributed by atoms with Crippen LogP contribution in [0.3, 0.4) is 0 Å². The Bertz CT molecular complexity index is 644. The molecule has 0 heterocycles. The summed E-state index contributed by atoms with van der Waals surface area (Å²) in [5.41, 5.74) is -1.60. The Kier molecular flexibility index (Phi) is 8.92. The van der Waals surface area contributed by atoms with E-state index < -0.39 is 66.3 Å². The van der Waals surface area contributed by atoms with E-state index in [1.54, 1.807) is 27.7 Å². The zero-order valence-corrected chi connectivity index (χ0v) is 17.6. The molecular weight excluding hydrogens is 451 g/mol. The fourth-order valence-corrected chi connectivity index (χ4v) is 2.47. The van der Waals surface area contributed by atoms with Crippen LogP contribution in [0.2, 0.25) is 0 Å². The standard InChI is InChI=1S/C18H25F9O4/c1-6-13(3,4)14(5,7-2)12(29)31-10-11(28)30-9-8-15(19,20)16(21,22)17(23,24)18(25,26)27/h6-10H2,1-5H3. The van der Waals surface area contributed by atoms with Gasteiger partial charge in [0.05, 0.1) is 18.4 Å². The van der Waals surface area contributed by atoms with Crippen molar-refractivity contribution in [1.29, 1.82) is 0 Å². The average Bonchev–Trinajstić information content (AvgIpc) is 2.63. The molecule has 0 aliphatic carbocycles. The van der Waals surface area contributed by atoms with Crippen LogP contribution < -0.4 is 0 Å². The van der Waals surface area contributed by atoms with Gasteiger partial charge in [0.25, 0.3) is 0 Å². The number of rotatable bonds is 11. The van der Waals surface area contributed by atoms with Gasteiger partial charge in [-0.3, -0.25) is 4.79 Å². The van der Waals surface area contributed by atoms with Crippen molar-refractivity contribution >= 4 is 11.9 Å². The first-order valence-electron chi connectivity index (χ1n) is 9.17. The van der Waals surface area contributed by atoms with Crippen molar-refractivity contribution in [1.82, 2.24) is 0 Å². The lowest BCUT2D eigenvalue weighted by molar-refractivity contribution is -0.397. The van der Waals surface area contributed by atoms with Gasteiger partial charge in [-0.25, -0.2) is 4.79 Å². The molecule has 184 valence electrons. The van der Waals surface area contributed by atoms with E-state index in [9.17, 15) is 49.1 Å². The van der Waals surface area contributed by atoms with E-state index in [4.69, 9.17) is 4.74 Å². The van der Waals surface area contributed by atoms with Crippen LogP contribution in [0.15, 0.2) is 0 Å². The molecular formula is C18H25F9O4. The Hall–Kier alpha value is -1.69. The quantitative estimate of drug-likeness (QED) is 0.280. The first-order chi connectivity index (χ1) is 13.6. The number of alkyl halides is 9. The zero-order valence-electron chi connectivity index (χ0n) is 17.6. The molecule has 0 rings (SSSR count). The Morgan fingerprint density at radius 2 is 1.23 bits per heavy atom. The van der Waals surface area contributed by atoms with Crippen molar-refractivity contribution in [3.8, 4) is 0 Å². The molecule has 0 amide bonds. The van der Waals surface area contributed by atoms with Gasteiger partial charge < -0.3 is 9.47 Å². The number of halogens is 9. The summed E-state index contributed by atoms with van der Waals surface area (Å²) in [6.07, 6.45) is -8.37. The fourth-order valence-electron chi connectivity index (χ4n) is 2.47. The van der Waals surface area contributed by atoms with Gasteiger partial charge in [-0.15, -0.1) is 0 Å². The first kappa shape index (κ1) is 29.3. The normalized spacial score (nSPS) is 15.9. The summed E-state index contributed by atoms with van der Waals surface area (Å²) in [5, 5.41) is 0. The Balaban J connectivity index is 4.95. The minimum atomic E-state index is -7.01. The highest BCUT2D eigenvalue weighted by Gasteiger charge is 2.81. The molecule has 0 N–H and O–H groups in total. The minimum Gasteiger partial charge on any atom is -0.463 e. The number of hydrogen-bond donors (Lipinski definition) is 0. The molecule has 0 aromatic rings. The first-order valence-corrected chi connectivity index (χ1v) is 9.17. The molecule has 0 radical (unpaired) electrons. The van der Waals surface area contributed by atoms with Crippen molar-refractivity contribution in [3.05, 3.63) is 0 Å². The maximum atomic E-state index is 13.4. The lowest BCUT2D eigenvalue weighted by atomic mass is 9.64. The molecule has 31 heavy (non-hydrogen) atoms. The van der Waals surface area contributed by atoms with Crippen LogP contribution in [0.4, 0.5) is 39.5 Å². The molecule has 1 atom stereocenters. The van der Waals surface area contributed by atoms with Crippen LogP contribution in [0.25, 0.3) is 0 Å². The Labute approximate surface area is 173 Å². The highest BCUT2D eigenvalue weighted by Crippen LogP contribution is 2.54. The van der Waals surface area contributed by atoms with E-state index in [1.807, 2.05) is 6.92 Å². The molecule has 0 saturated carbocycles. The van der Waals surface area contributed by atoms with Crippen LogP contribution in [0, 0.1) is 10.8 Å². The molecule has 4 nitrogen and oxygen atoms in total. The molecule has 0 aromatic carbocycles. The highest BCUT2D eigenvalue weighted by atomic mass is 19.4. The van der Waals surface area contributed by atoms with Crippen molar-refractivity contribution in [2.45, 2.75) is 77.8 Å². The van der Waals surface area contributed by atoms with Crippen LogP contribution in [0.5, 0.6) is 0 Å². The summed E-state index contributed by atoms with van der Waals surface area (Å²) in [6, 6.07) is 0. The Morgan fingerprint density at radius 1 is 0.742 bits per heavy atom. The molecule has 0 aliphatic rings. The minimum absolute atomic E-state index is 0.316. The van der Waals surface area contributed by atoms with Gasteiger partial charge in [0.1, 0.15) is 0 Å². The van der Waals surface area contributed by atoms with E-state index in [1.165, 1.54) is 0 Å². The summed E-state index contributed by atoms with van der Waals surface area (Å²) in [4.78, 5) is 23.8. The number of hydrogen-bond acceptors (Lipinski definition) is 4. The lowest BCUT2D eigenvalue weighted by Gasteiger charge is -2.41. The summed E-state index contributed by atoms with van der Waals surface area (Å²) in [5.74, 6) is -21.9. The maximum absolute atomic E-state index is 13.4. The molecule has 0 bridgehead atoms. The zero-order chi connectivity index (χ0) is 25.1. The van der Waals surface area contributed by atoms with Gasteiger partial charge in [0, 0.05) is 0 Å². The summed E-state index contributed by atoms with van der Waals surface area (Å²) in [6.45, 7) is 5.93. The van der Waals surface area contributed by atoms with E-state index in [-0.39, 0.29) is 0 Å². The van der Waals surface area contributed by atoms with Gasteiger partial charge in [-0.05, 0) is 25.2 Å². The smallest absolute Gasteiger partial charge is 0.460 e. The number of carbonyl (C=O) groups excluding carboxylic acids is 2. The highest BCUT2D eigenvalue weighted by molar-refractivity contribution is 5.80. The predicted molar refractivity (Wildman–Crippen MR) is 89.9 cm³/mol. The van der Waals surface area contributed by atoms with Crippen molar-refractivity contribution in [2.75, 3.05) is 13.2 Å². The summed E-state index contributed by atoms with van der Waals surface area (Å²) >= 11 is 0. The third-order valence-electron chi connectivity index (χ3n) is 5.75. The van der Waals surface area contributed by atoms with Crippen LogP contribution in [-0.2, 0) is 19.1 Å². The second-order valence-electron chi connectivity index (χ2n) is 7.82. The van der Waals surface area contributed by atoms with E-state index >= 15 is 0 Å². The van der Waals surface area contributed by atoms with Gasteiger partial charge in [-0.1, -0.05) is 27.7 Å². The number of carbonyl (C=O) groups is 2. The van der Waals surface area contributed by atoms with Gasteiger partial charge in [0.15, 0.2) is 6.61 Å². The van der Waals surface area contributed by atoms with E-state index in [0.29, 0.717) is 12.8 Å². The van der Waals surface area contributed by atoms with Crippen LogP contribution >= 0.6 is 0 Å². The lowest BCUT2D eigenvalue weighted by Crippen LogP contribution is -2.61. The van der Waals surface area contributed by atoms with E-state index in [0.717, 1.165) is 0 Å². The summed E-state index contributed by atoms with van der Waals surface area (Å²) < 4.78 is 123. The SMILES string of the molecule is CCC(C)(C)C(C)(CC)C(=O)OCC(=O)OCCC(F)(F)C(F)(F)C(F)(F)C(F)(F)F. The molecule has 0 aliphatic heterocycles. The van der Waals surface area contributed by atoms with Gasteiger partial charge in [-0.2, -0.15) is 39.5 Å². The van der Waals surface area contributed by atoms with Gasteiger partial charge in [0.2, 0.25) is 0 Å². The topological polar surface area (TPSA) is 52.6 Å². The third kappa shape index (κ3) is 5.76. The molecule has 0 fully saturated rings. The van der Waals surface area contributed by atoms with Crippen molar-refractivity contribution in [3.63, 3.8) is 0 Å². The Morgan fingerprint density at radius 3 is 1.61 bits per heavy atom. The fraction of sp³-hybridized carbons (Fsp3) is 0.889. The third-order valence-corrected chi connectivity index (χ3v) is 5.75. The summed E-state index contributed by atoms with van der Waals surface area (Å²) in [7, 11) is 0. The van der Waals surface area contributed by atoms with Crippen LogP contribution in [0.1, 0.15) is 53.9 Å². The molecule has 0 aromatic heterocycles. The second kappa shape index (κ2) is 9.43. The molecule has 0 saturated heterocycles. The molecule has 1 unspecified atom stereocenters. The van der Waals surface area contributed by atoms with Crippen molar-refractivity contribution in [2.24, 2.45) is 10.8 Å². The molecule has 0 spiro atoms. The maximum Gasteiger partial charge on any atom is 0.460 e. The number of esters is 2. The second-order valence-corrected chi connectivity index (χ2v) is 7.82. The number of ether oxygens (including phenoxy) is 2. The monoisotopic (exact) mass is 476 g/mol. The van der Waals surface area contributed by atoms with Crippen molar-refractivity contribution < 1.29 is 58.6 Å². The van der Waals surface area contributed by atoms with Gasteiger partial charge >= 0.3 is 35.9 Å². The average molecular weight is 476 g/mol. The largest absolute Gasteiger partial charge is 0.463 e.